The van der Waals surface area contributed by atoms with Crippen LogP contribution in [0.4, 0.5) is 0 Å². The molecule has 3 aromatic rings. The van der Waals surface area contributed by atoms with Crippen molar-refractivity contribution in [2.75, 3.05) is 13.7 Å². The number of rotatable bonds is 9. The molecule has 0 bridgehead atoms. The van der Waals surface area contributed by atoms with Crippen LogP contribution in [0.5, 0.6) is 11.5 Å². The number of benzene rings is 3. The third-order valence-corrected chi connectivity index (χ3v) is 7.03. The van der Waals surface area contributed by atoms with Gasteiger partial charge in [-0.05, 0) is 65.4 Å². The quantitative estimate of drug-likeness (QED) is 0.361. The topological polar surface area (TPSA) is 84.9 Å². The van der Waals surface area contributed by atoms with Crippen LogP contribution < -0.4 is 14.8 Å². The van der Waals surface area contributed by atoms with Crippen molar-refractivity contribution in [3.63, 3.8) is 0 Å². The summed E-state index contributed by atoms with van der Waals surface area (Å²) in [7, 11) is 1.63. The number of ether oxygens (including phenoxy) is 2. The Morgan fingerprint density at radius 1 is 0.944 bits per heavy atom. The highest BCUT2D eigenvalue weighted by Crippen LogP contribution is 2.33. The molecule has 6 heteroatoms. The zero-order valence-corrected chi connectivity index (χ0v) is 21.1. The van der Waals surface area contributed by atoms with Crippen LogP contribution in [0.2, 0.25) is 0 Å². The highest BCUT2D eigenvalue weighted by Gasteiger charge is 2.20. The number of carboxylic acid groups (broad SMARTS) is 1. The normalized spacial score (nSPS) is 15.2. The fourth-order valence-corrected chi connectivity index (χ4v) is 5.11. The predicted molar refractivity (Wildman–Crippen MR) is 141 cm³/mol. The maximum Gasteiger partial charge on any atom is 0.304 e. The van der Waals surface area contributed by atoms with Crippen LogP contribution in [-0.4, -0.2) is 36.7 Å². The number of nitrogens with one attached hydrogen (secondary N) is 1. The van der Waals surface area contributed by atoms with Gasteiger partial charge >= 0.3 is 5.97 Å². The third kappa shape index (κ3) is 6.56. The van der Waals surface area contributed by atoms with Crippen LogP contribution in [0, 0.1) is 6.92 Å². The van der Waals surface area contributed by atoms with E-state index in [-0.39, 0.29) is 30.9 Å². The molecule has 1 aliphatic rings. The summed E-state index contributed by atoms with van der Waals surface area (Å²) in [5, 5.41) is 14.7. The van der Waals surface area contributed by atoms with Gasteiger partial charge in [-0.15, -0.1) is 0 Å². The summed E-state index contributed by atoms with van der Waals surface area (Å²) < 4.78 is 11.2. The molecule has 3 aromatic carbocycles. The minimum Gasteiger partial charge on any atom is -0.496 e. The van der Waals surface area contributed by atoms with Gasteiger partial charge in [-0.25, -0.2) is 0 Å². The summed E-state index contributed by atoms with van der Waals surface area (Å²) in [5.74, 6) is 0.144. The number of hydrogen-bond donors (Lipinski definition) is 2. The molecule has 0 radical (unpaired) electrons. The van der Waals surface area contributed by atoms with Gasteiger partial charge in [0, 0.05) is 12.0 Å². The summed E-state index contributed by atoms with van der Waals surface area (Å²) >= 11 is 0. The van der Waals surface area contributed by atoms with Gasteiger partial charge in [0.05, 0.1) is 13.5 Å². The second-order valence-electron chi connectivity index (χ2n) is 9.69. The summed E-state index contributed by atoms with van der Waals surface area (Å²) in [6, 6.07) is 17.8. The van der Waals surface area contributed by atoms with Gasteiger partial charge in [-0.3, -0.25) is 9.59 Å². The minimum absolute atomic E-state index is 0.0190. The van der Waals surface area contributed by atoms with E-state index < -0.39 is 5.97 Å². The van der Waals surface area contributed by atoms with E-state index >= 15 is 0 Å². The van der Waals surface area contributed by atoms with E-state index in [4.69, 9.17) is 9.47 Å². The number of fused-ring (bicyclic) bond motifs is 1. The molecule has 6 nitrogen and oxygen atoms in total. The maximum atomic E-state index is 12.4. The molecular weight excluding hydrogens is 454 g/mol. The van der Waals surface area contributed by atoms with Gasteiger partial charge in [0.2, 0.25) is 0 Å². The van der Waals surface area contributed by atoms with Crippen molar-refractivity contribution < 1.29 is 24.2 Å². The Labute approximate surface area is 212 Å². The van der Waals surface area contributed by atoms with Gasteiger partial charge in [0.15, 0.2) is 6.61 Å². The molecule has 0 heterocycles. The number of methoxy groups -OCH3 is 1. The van der Waals surface area contributed by atoms with Crippen molar-refractivity contribution in [2.45, 2.75) is 63.8 Å². The Hall–Kier alpha value is -3.54. The first kappa shape index (κ1) is 25.5. The highest BCUT2D eigenvalue weighted by molar-refractivity contribution is 5.85. The van der Waals surface area contributed by atoms with Crippen LogP contribution in [0.1, 0.15) is 67.6 Å². The Kier molecular flexibility index (Phi) is 8.47. The molecule has 190 valence electrons. The molecular formula is C30H35NO5. The first-order valence-electron chi connectivity index (χ1n) is 12.7. The van der Waals surface area contributed by atoms with Gasteiger partial charge in [0.1, 0.15) is 11.5 Å². The van der Waals surface area contributed by atoms with Crippen molar-refractivity contribution in [2.24, 2.45) is 0 Å². The number of aryl methyl sites for hydroxylation is 1. The van der Waals surface area contributed by atoms with Crippen LogP contribution in [0.15, 0.2) is 54.6 Å². The van der Waals surface area contributed by atoms with Gasteiger partial charge in [0.25, 0.3) is 5.91 Å². The Morgan fingerprint density at radius 3 is 2.33 bits per heavy atom. The maximum absolute atomic E-state index is 12.4. The lowest BCUT2D eigenvalue weighted by Gasteiger charge is -2.19. The largest absolute Gasteiger partial charge is 0.496 e. The average molecular weight is 490 g/mol. The smallest absolute Gasteiger partial charge is 0.304 e. The van der Waals surface area contributed by atoms with E-state index in [0.29, 0.717) is 5.75 Å². The summed E-state index contributed by atoms with van der Waals surface area (Å²) in [4.78, 5) is 24.1. The van der Waals surface area contributed by atoms with E-state index in [1.165, 1.54) is 12.8 Å². The molecule has 36 heavy (non-hydrogen) atoms. The van der Waals surface area contributed by atoms with Crippen molar-refractivity contribution in [1.29, 1.82) is 0 Å². The molecule has 0 saturated heterocycles. The molecule has 1 unspecified atom stereocenters. The number of hydrogen-bond acceptors (Lipinski definition) is 4. The molecule has 0 aliphatic heterocycles. The van der Waals surface area contributed by atoms with E-state index in [9.17, 15) is 14.7 Å². The molecule has 1 atom stereocenters. The molecule has 2 N–H and O–H groups in total. The first-order valence-corrected chi connectivity index (χ1v) is 12.7. The summed E-state index contributed by atoms with van der Waals surface area (Å²) in [6.07, 6.45) is 6.87. The minimum atomic E-state index is -0.856. The molecule has 4 rings (SSSR count). The van der Waals surface area contributed by atoms with Crippen LogP contribution in [0.25, 0.3) is 10.8 Å². The predicted octanol–water partition coefficient (Wildman–Crippen LogP) is 5.98. The Balaban J connectivity index is 1.51. The number of carbonyl (C=O) groups is 2. The van der Waals surface area contributed by atoms with E-state index in [2.05, 4.69) is 5.32 Å². The summed E-state index contributed by atoms with van der Waals surface area (Å²) in [6.45, 7) is 1.94. The van der Waals surface area contributed by atoms with E-state index in [0.717, 1.165) is 58.9 Å². The van der Waals surface area contributed by atoms with Crippen molar-refractivity contribution in [3.05, 3.63) is 71.3 Å². The zero-order chi connectivity index (χ0) is 25.5. The van der Waals surface area contributed by atoms with Crippen LogP contribution in [-0.2, 0) is 9.59 Å². The first-order chi connectivity index (χ1) is 17.4. The lowest BCUT2D eigenvalue weighted by Crippen LogP contribution is -2.37. The average Bonchev–Trinajstić information content (AvgIpc) is 3.14. The third-order valence-electron chi connectivity index (χ3n) is 7.03. The molecule has 1 amide bonds. The van der Waals surface area contributed by atoms with Crippen LogP contribution in [0.3, 0.4) is 0 Å². The van der Waals surface area contributed by atoms with Crippen molar-refractivity contribution in [1.82, 2.24) is 5.32 Å². The molecule has 1 aliphatic carbocycles. The molecule has 0 spiro atoms. The molecule has 0 aromatic heterocycles. The molecule has 1 fully saturated rings. The van der Waals surface area contributed by atoms with Gasteiger partial charge in [-0.1, -0.05) is 62.1 Å². The lowest BCUT2D eigenvalue weighted by molar-refractivity contribution is -0.137. The van der Waals surface area contributed by atoms with E-state index in [1.807, 2.05) is 61.5 Å². The van der Waals surface area contributed by atoms with Gasteiger partial charge in [-0.2, -0.15) is 0 Å². The molecule has 1 saturated carbocycles. The van der Waals surface area contributed by atoms with Crippen LogP contribution >= 0.6 is 0 Å². The lowest BCUT2D eigenvalue weighted by atomic mass is 9.86. The fourth-order valence-electron chi connectivity index (χ4n) is 5.11. The monoisotopic (exact) mass is 489 g/mol. The number of carbonyl (C=O) groups excluding carboxylic acids is 1. The summed E-state index contributed by atoms with van der Waals surface area (Å²) in [5.41, 5.74) is 2.80. The number of amides is 1. The SMILES string of the molecule is COc1ccc(C(CC(=O)O)c2ccc3ccc(OCC(=O)NC4CCCCCC4)cc3c2)cc1C. The Morgan fingerprint density at radius 2 is 1.64 bits per heavy atom. The van der Waals surface area contributed by atoms with Crippen molar-refractivity contribution >= 4 is 22.6 Å². The van der Waals surface area contributed by atoms with Gasteiger partial charge < -0.3 is 19.9 Å². The number of aliphatic carboxylic acids is 1. The second-order valence-corrected chi connectivity index (χ2v) is 9.69. The fraction of sp³-hybridized carbons (Fsp3) is 0.400. The van der Waals surface area contributed by atoms with E-state index in [1.54, 1.807) is 7.11 Å². The second kappa shape index (κ2) is 11.9. The standard InChI is InChI=1S/C30H35NO5/c1-20-15-22(12-14-28(20)35-2)27(18-30(33)34)23-10-9-21-11-13-26(17-24(21)16-23)36-19-29(32)31-25-7-5-3-4-6-8-25/h9-17,25,27H,3-8,18-19H2,1-2H3,(H,31,32)(H,33,34). The Bertz CT molecular complexity index is 1210. The zero-order valence-electron chi connectivity index (χ0n) is 21.1. The number of carboxylic acids is 1. The van der Waals surface area contributed by atoms with Crippen molar-refractivity contribution in [3.8, 4) is 11.5 Å². The highest BCUT2D eigenvalue weighted by atomic mass is 16.5.